The predicted molar refractivity (Wildman–Crippen MR) is 89.0 cm³/mol. The van der Waals surface area contributed by atoms with Gasteiger partial charge in [-0.25, -0.2) is 0 Å². The van der Waals surface area contributed by atoms with Crippen LogP contribution in [-0.2, 0) is 27.2 Å². The summed E-state index contributed by atoms with van der Waals surface area (Å²) in [6.45, 7) is 0.761. The van der Waals surface area contributed by atoms with Gasteiger partial charge in [-0.05, 0) is 48.8 Å². The molecule has 128 valence electrons. The van der Waals surface area contributed by atoms with Gasteiger partial charge in [0.15, 0.2) is 0 Å². The zero-order valence-electron chi connectivity index (χ0n) is 14.0. The summed E-state index contributed by atoms with van der Waals surface area (Å²) in [4.78, 5) is 24.0. The molecule has 1 aromatic rings. The predicted octanol–water partition coefficient (Wildman–Crippen LogP) is 3.39. The first kappa shape index (κ1) is 15.7. The van der Waals surface area contributed by atoms with Gasteiger partial charge in [-0.2, -0.15) is 0 Å². The summed E-state index contributed by atoms with van der Waals surface area (Å²) in [5.74, 6) is 1.04. The summed E-state index contributed by atoms with van der Waals surface area (Å²) in [6.07, 6.45) is 7.38. The molecular formula is C20H24O4. The van der Waals surface area contributed by atoms with Gasteiger partial charge >= 0.3 is 5.97 Å². The highest BCUT2D eigenvalue weighted by Gasteiger charge is 2.47. The number of rotatable bonds is 4. The second-order valence-electron chi connectivity index (χ2n) is 7.45. The summed E-state index contributed by atoms with van der Waals surface area (Å²) in [5.41, 5.74) is 1.93. The van der Waals surface area contributed by atoms with E-state index in [-0.39, 0.29) is 18.2 Å². The highest BCUT2D eigenvalue weighted by atomic mass is 16.6. The normalized spacial score (nSPS) is 27.0. The van der Waals surface area contributed by atoms with Gasteiger partial charge in [0, 0.05) is 12.8 Å². The Morgan fingerprint density at radius 2 is 2.00 bits per heavy atom. The number of fused-ring (bicyclic) bond motifs is 1. The van der Waals surface area contributed by atoms with Crippen LogP contribution in [-0.4, -0.2) is 24.0 Å². The number of esters is 1. The van der Waals surface area contributed by atoms with E-state index < -0.39 is 5.60 Å². The Balaban J connectivity index is 1.53. The Hall–Kier alpha value is -1.84. The van der Waals surface area contributed by atoms with Crippen molar-refractivity contribution >= 4 is 11.8 Å². The van der Waals surface area contributed by atoms with E-state index in [4.69, 9.17) is 9.47 Å². The topological polar surface area (TPSA) is 52.6 Å². The summed E-state index contributed by atoms with van der Waals surface area (Å²) in [6, 6.07) is 6.34. The fraction of sp³-hybridized carbons (Fsp3) is 0.600. The molecule has 4 rings (SSSR count). The summed E-state index contributed by atoms with van der Waals surface area (Å²) >= 11 is 0. The van der Waals surface area contributed by atoms with Crippen molar-refractivity contribution in [1.82, 2.24) is 0 Å². The van der Waals surface area contributed by atoms with E-state index in [0.717, 1.165) is 44.5 Å². The molecule has 3 aliphatic rings. The second kappa shape index (κ2) is 6.23. The third-order valence-electron chi connectivity index (χ3n) is 5.84. The Labute approximate surface area is 142 Å². The zero-order valence-corrected chi connectivity index (χ0v) is 14.0. The number of hydrogen-bond acceptors (Lipinski definition) is 4. The Bertz CT molecular complexity index is 642. The van der Waals surface area contributed by atoms with Gasteiger partial charge < -0.3 is 9.47 Å². The van der Waals surface area contributed by atoms with Gasteiger partial charge in [-0.15, -0.1) is 0 Å². The molecule has 1 aromatic carbocycles. The average Bonchev–Trinajstić information content (AvgIpc) is 3.23. The number of carbonyl (C=O) groups is 2. The molecule has 4 nitrogen and oxygen atoms in total. The van der Waals surface area contributed by atoms with Crippen molar-refractivity contribution in [3.63, 3.8) is 0 Å². The molecule has 1 saturated carbocycles. The smallest absolute Gasteiger partial charge is 0.313 e. The monoisotopic (exact) mass is 328 g/mol. The molecule has 0 spiro atoms. The van der Waals surface area contributed by atoms with Crippen LogP contribution in [0.25, 0.3) is 0 Å². The van der Waals surface area contributed by atoms with Crippen molar-refractivity contribution in [2.75, 3.05) is 6.61 Å². The molecule has 2 aliphatic heterocycles. The molecule has 2 fully saturated rings. The minimum absolute atomic E-state index is 0.0421. The quantitative estimate of drug-likeness (QED) is 0.628. The third kappa shape index (κ3) is 2.94. The number of carbonyl (C=O) groups excluding carboxylic acids is 2. The SMILES string of the molecule is O=C1CC(=O)O[C@](CCc2ccc3c(c2)CCO3)(C2CCCC2)C1. The second-order valence-corrected chi connectivity index (χ2v) is 7.45. The molecule has 24 heavy (non-hydrogen) atoms. The first-order valence-corrected chi connectivity index (χ1v) is 9.13. The van der Waals surface area contributed by atoms with E-state index in [0.29, 0.717) is 12.3 Å². The fourth-order valence-corrected chi connectivity index (χ4v) is 4.63. The molecule has 0 aromatic heterocycles. The van der Waals surface area contributed by atoms with Crippen molar-refractivity contribution in [2.24, 2.45) is 5.92 Å². The van der Waals surface area contributed by atoms with Crippen LogP contribution < -0.4 is 4.74 Å². The Morgan fingerprint density at radius 1 is 1.17 bits per heavy atom. The van der Waals surface area contributed by atoms with Gasteiger partial charge in [0.2, 0.25) is 0 Å². The third-order valence-corrected chi connectivity index (χ3v) is 5.84. The van der Waals surface area contributed by atoms with Gasteiger partial charge in [-0.3, -0.25) is 9.59 Å². The van der Waals surface area contributed by atoms with Crippen LogP contribution in [0.2, 0.25) is 0 Å². The number of benzene rings is 1. The van der Waals surface area contributed by atoms with Crippen molar-refractivity contribution in [3.8, 4) is 5.75 Å². The lowest BCUT2D eigenvalue weighted by molar-refractivity contribution is -0.178. The van der Waals surface area contributed by atoms with E-state index in [9.17, 15) is 9.59 Å². The van der Waals surface area contributed by atoms with Crippen molar-refractivity contribution < 1.29 is 19.1 Å². The van der Waals surface area contributed by atoms with E-state index in [1.54, 1.807) is 0 Å². The molecule has 0 bridgehead atoms. The number of hydrogen-bond donors (Lipinski definition) is 0. The fourth-order valence-electron chi connectivity index (χ4n) is 4.63. The standard InChI is InChI=1S/C20H24O4/c21-17-12-19(22)24-20(13-17,16-3-1-2-4-16)9-7-14-5-6-18-15(11-14)8-10-23-18/h5-6,11,16H,1-4,7-10,12-13H2/t20-/m0/s1. The van der Waals surface area contributed by atoms with Crippen LogP contribution in [0.5, 0.6) is 5.75 Å². The minimum Gasteiger partial charge on any atom is -0.493 e. The molecule has 4 heteroatoms. The molecular weight excluding hydrogens is 304 g/mol. The highest BCUT2D eigenvalue weighted by Crippen LogP contribution is 2.44. The Morgan fingerprint density at radius 3 is 2.79 bits per heavy atom. The van der Waals surface area contributed by atoms with Gasteiger partial charge in [-0.1, -0.05) is 25.0 Å². The molecule has 1 saturated heterocycles. The number of aryl methyl sites for hydroxylation is 1. The van der Waals surface area contributed by atoms with Crippen LogP contribution in [0.4, 0.5) is 0 Å². The number of ketones is 1. The molecule has 0 N–H and O–H groups in total. The molecule has 1 atom stereocenters. The van der Waals surface area contributed by atoms with Gasteiger partial charge in [0.05, 0.1) is 6.61 Å². The Kier molecular flexibility index (Phi) is 4.07. The zero-order chi connectivity index (χ0) is 16.6. The first-order valence-electron chi connectivity index (χ1n) is 9.13. The maximum absolute atomic E-state index is 12.1. The highest BCUT2D eigenvalue weighted by molar-refractivity contribution is 5.98. The maximum Gasteiger partial charge on any atom is 0.313 e. The number of Topliss-reactive ketones (excluding diaryl/α,β-unsaturated/α-hetero) is 1. The molecule has 0 radical (unpaired) electrons. The lowest BCUT2D eigenvalue weighted by atomic mass is 9.76. The van der Waals surface area contributed by atoms with Crippen molar-refractivity contribution in [1.29, 1.82) is 0 Å². The minimum atomic E-state index is -0.571. The molecule has 1 aliphatic carbocycles. The van der Waals surface area contributed by atoms with Crippen molar-refractivity contribution in [3.05, 3.63) is 29.3 Å². The van der Waals surface area contributed by atoms with Crippen LogP contribution in [0.1, 0.15) is 56.1 Å². The molecule has 2 heterocycles. The molecule has 0 unspecified atom stereocenters. The molecule has 0 amide bonds. The van der Waals surface area contributed by atoms with Gasteiger partial charge in [0.1, 0.15) is 23.6 Å². The first-order chi connectivity index (χ1) is 11.6. The largest absolute Gasteiger partial charge is 0.493 e. The van der Waals surface area contributed by atoms with Crippen LogP contribution in [0.15, 0.2) is 18.2 Å². The summed E-state index contributed by atoms with van der Waals surface area (Å²) in [5, 5.41) is 0. The van der Waals surface area contributed by atoms with E-state index in [1.165, 1.54) is 24.0 Å². The van der Waals surface area contributed by atoms with Crippen molar-refractivity contribution in [2.45, 2.75) is 63.4 Å². The van der Waals surface area contributed by atoms with Crippen LogP contribution >= 0.6 is 0 Å². The lowest BCUT2D eigenvalue weighted by Gasteiger charge is -2.41. The average molecular weight is 328 g/mol. The van der Waals surface area contributed by atoms with Crippen LogP contribution in [0, 0.1) is 5.92 Å². The number of ether oxygens (including phenoxy) is 2. The summed E-state index contributed by atoms with van der Waals surface area (Å²) in [7, 11) is 0. The van der Waals surface area contributed by atoms with Crippen LogP contribution in [0.3, 0.4) is 0 Å². The van der Waals surface area contributed by atoms with E-state index in [2.05, 4.69) is 12.1 Å². The maximum atomic E-state index is 12.1. The van der Waals surface area contributed by atoms with E-state index in [1.807, 2.05) is 6.07 Å². The van der Waals surface area contributed by atoms with E-state index >= 15 is 0 Å². The number of cyclic esters (lactones) is 1. The lowest BCUT2D eigenvalue weighted by Crippen LogP contribution is -2.48. The van der Waals surface area contributed by atoms with Gasteiger partial charge in [0.25, 0.3) is 0 Å². The summed E-state index contributed by atoms with van der Waals surface area (Å²) < 4.78 is 11.4.